The van der Waals surface area contributed by atoms with Crippen molar-refractivity contribution in [3.05, 3.63) is 63.5 Å². The highest BCUT2D eigenvalue weighted by Gasteiger charge is 2.26. The number of nitro benzene ring substituents is 1. The van der Waals surface area contributed by atoms with Crippen molar-refractivity contribution < 1.29 is 28.4 Å². The van der Waals surface area contributed by atoms with Gasteiger partial charge in [0.25, 0.3) is 5.69 Å². The van der Waals surface area contributed by atoms with Gasteiger partial charge in [0.2, 0.25) is 0 Å². The Bertz CT molecular complexity index is 1010. The molecule has 0 atom stereocenters. The molecule has 0 aliphatic carbocycles. The average molecular weight is 373 g/mol. The van der Waals surface area contributed by atoms with Crippen molar-refractivity contribution in [2.75, 3.05) is 13.2 Å². The molecule has 3 aromatic rings. The highest BCUT2D eigenvalue weighted by molar-refractivity contribution is 6.09. The van der Waals surface area contributed by atoms with Gasteiger partial charge in [-0.05, 0) is 37.3 Å². The van der Waals surface area contributed by atoms with Crippen LogP contribution in [0, 0.1) is 15.9 Å². The normalized spacial score (nSPS) is 10.9. The maximum absolute atomic E-state index is 13.2. The summed E-state index contributed by atoms with van der Waals surface area (Å²) in [7, 11) is 0. The highest BCUT2D eigenvalue weighted by Crippen LogP contribution is 2.37. The molecule has 0 radical (unpaired) electrons. The van der Waals surface area contributed by atoms with Crippen LogP contribution < -0.4 is 0 Å². The van der Waals surface area contributed by atoms with Gasteiger partial charge in [0.1, 0.15) is 22.7 Å². The fourth-order valence-electron chi connectivity index (χ4n) is 2.88. The fraction of sp³-hybridized carbons (Fsp3) is 0.211. The smallest absolute Gasteiger partial charge is 0.342 e. The van der Waals surface area contributed by atoms with Crippen LogP contribution in [0.2, 0.25) is 0 Å². The molecule has 0 amide bonds. The maximum Gasteiger partial charge on any atom is 0.342 e. The van der Waals surface area contributed by atoms with Gasteiger partial charge in [0.15, 0.2) is 0 Å². The first kappa shape index (κ1) is 18.5. The van der Waals surface area contributed by atoms with Gasteiger partial charge in [-0.15, -0.1) is 0 Å². The third-order valence-electron chi connectivity index (χ3n) is 4.05. The molecular weight excluding hydrogens is 357 g/mol. The predicted molar refractivity (Wildman–Crippen MR) is 95.0 cm³/mol. The van der Waals surface area contributed by atoms with Gasteiger partial charge in [0.05, 0.1) is 17.6 Å². The van der Waals surface area contributed by atoms with Gasteiger partial charge < -0.3 is 14.3 Å². The highest BCUT2D eigenvalue weighted by atomic mass is 19.1. The van der Waals surface area contributed by atoms with Crippen molar-refractivity contribution in [2.45, 2.75) is 13.3 Å². The Kier molecular flexibility index (Phi) is 5.18. The summed E-state index contributed by atoms with van der Waals surface area (Å²) in [6.07, 6.45) is 0.0472. The number of nitro groups is 1. The van der Waals surface area contributed by atoms with Crippen LogP contribution in [0.5, 0.6) is 0 Å². The lowest BCUT2D eigenvalue weighted by atomic mass is 10.0. The van der Waals surface area contributed by atoms with Gasteiger partial charge in [-0.2, -0.15) is 0 Å². The van der Waals surface area contributed by atoms with E-state index < -0.39 is 16.7 Å². The molecule has 0 bridgehead atoms. The van der Waals surface area contributed by atoms with Gasteiger partial charge in [-0.3, -0.25) is 10.1 Å². The van der Waals surface area contributed by atoms with E-state index in [4.69, 9.17) is 9.15 Å². The zero-order chi connectivity index (χ0) is 19.6. The van der Waals surface area contributed by atoms with Gasteiger partial charge in [0, 0.05) is 29.5 Å². The summed E-state index contributed by atoms with van der Waals surface area (Å²) < 4.78 is 24.1. The predicted octanol–water partition coefficient (Wildman–Crippen LogP) is 3.86. The lowest BCUT2D eigenvalue weighted by Crippen LogP contribution is -2.06. The molecule has 0 saturated carbocycles. The number of nitrogens with zero attached hydrogens (tertiary/aromatic N) is 1. The van der Waals surface area contributed by atoms with E-state index in [2.05, 4.69) is 0 Å². The van der Waals surface area contributed by atoms with E-state index in [0.717, 1.165) is 0 Å². The molecule has 1 heterocycles. The number of ether oxygens (including phenoxy) is 1. The Morgan fingerprint density at radius 3 is 2.59 bits per heavy atom. The van der Waals surface area contributed by atoms with E-state index in [9.17, 15) is 24.4 Å². The molecule has 140 valence electrons. The van der Waals surface area contributed by atoms with Crippen LogP contribution in [-0.2, 0) is 11.2 Å². The number of rotatable bonds is 6. The summed E-state index contributed by atoms with van der Waals surface area (Å²) in [4.78, 5) is 23.3. The number of benzene rings is 2. The molecule has 2 aromatic carbocycles. The summed E-state index contributed by atoms with van der Waals surface area (Å²) in [6.45, 7) is 1.49. The van der Waals surface area contributed by atoms with Crippen LogP contribution in [-0.4, -0.2) is 29.2 Å². The number of aliphatic hydroxyl groups excluding tert-OH is 1. The van der Waals surface area contributed by atoms with Gasteiger partial charge in [-0.1, -0.05) is 0 Å². The minimum absolute atomic E-state index is 0.0472. The van der Waals surface area contributed by atoms with E-state index >= 15 is 0 Å². The van der Waals surface area contributed by atoms with Gasteiger partial charge in [-0.25, -0.2) is 9.18 Å². The summed E-state index contributed by atoms with van der Waals surface area (Å²) in [5.74, 6) is -0.966. The topological polar surface area (TPSA) is 103 Å². The molecule has 0 spiro atoms. The molecule has 27 heavy (non-hydrogen) atoms. The number of esters is 1. The van der Waals surface area contributed by atoms with Crippen LogP contribution in [0.4, 0.5) is 10.1 Å². The second-order valence-corrected chi connectivity index (χ2v) is 5.74. The SMILES string of the molecule is CCOC(=O)c1c(-c2ccc(F)cc2)oc2cc([N+](=O)[O-])c(CCO)cc12. The Hall–Kier alpha value is -3.26. The van der Waals surface area contributed by atoms with Crippen LogP contribution in [0.25, 0.3) is 22.3 Å². The van der Waals surface area contributed by atoms with Crippen molar-refractivity contribution in [1.82, 2.24) is 0 Å². The number of fused-ring (bicyclic) bond motifs is 1. The summed E-state index contributed by atoms with van der Waals surface area (Å²) in [5.41, 5.74) is 0.721. The number of halogens is 1. The second kappa shape index (κ2) is 7.55. The molecule has 3 rings (SSSR count). The number of carbonyl (C=O) groups excluding carboxylic acids is 1. The number of carbonyl (C=O) groups is 1. The molecule has 1 N–H and O–H groups in total. The molecule has 0 unspecified atom stereocenters. The van der Waals surface area contributed by atoms with Crippen molar-refractivity contribution in [3.63, 3.8) is 0 Å². The first-order chi connectivity index (χ1) is 13.0. The Labute approximate surface area is 153 Å². The van der Waals surface area contributed by atoms with Crippen LogP contribution in [0.3, 0.4) is 0 Å². The molecule has 0 saturated heterocycles. The molecular formula is C19H16FNO6. The maximum atomic E-state index is 13.2. The van der Waals surface area contributed by atoms with E-state index in [-0.39, 0.29) is 47.8 Å². The number of hydrogen-bond donors (Lipinski definition) is 1. The minimum Gasteiger partial charge on any atom is -0.462 e. The van der Waals surface area contributed by atoms with Crippen LogP contribution in [0.1, 0.15) is 22.8 Å². The first-order valence-corrected chi connectivity index (χ1v) is 8.24. The average Bonchev–Trinajstić information content (AvgIpc) is 3.00. The monoisotopic (exact) mass is 373 g/mol. The number of furan rings is 1. The Morgan fingerprint density at radius 2 is 2.00 bits per heavy atom. The lowest BCUT2D eigenvalue weighted by molar-refractivity contribution is -0.385. The molecule has 7 nitrogen and oxygen atoms in total. The summed E-state index contributed by atoms with van der Waals surface area (Å²) in [5, 5.41) is 20.9. The number of hydrogen-bond acceptors (Lipinski definition) is 6. The van der Waals surface area contributed by atoms with Crippen molar-refractivity contribution in [3.8, 4) is 11.3 Å². The third-order valence-corrected chi connectivity index (χ3v) is 4.05. The standard InChI is InChI=1S/C19H16FNO6/c1-2-26-19(23)17-14-9-12(7-8-22)15(21(24)25)10-16(14)27-18(17)11-3-5-13(20)6-4-11/h3-6,9-10,22H,2,7-8H2,1H3. The largest absolute Gasteiger partial charge is 0.462 e. The second-order valence-electron chi connectivity index (χ2n) is 5.74. The fourth-order valence-corrected chi connectivity index (χ4v) is 2.88. The first-order valence-electron chi connectivity index (χ1n) is 8.24. The van der Waals surface area contributed by atoms with E-state index in [1.807, 2.05) is 0 Å². The van der Waals surface area contributed by atoms with Crippen molar-refractivity contribution in [1.29, 1.82) is 0 Å². The van der Waals surface area contributed by atoms with E-state index in [0.29, 0.717) is 10.9 Å². The number of aliphatic hydroxyl groups is 1. The third kappa shape index (κ3) is 3.52. The zero-order valence-electron chi connectivity index (χ0n) is 14.4. The van der Waals surface area contributed by atoms with E-state index in [1.54, 1.807) is 6.92 Å². The molecule has 0 aliphatic heterocycles. The Balaban J connectivity index is 2.30. The van der Waals surface area contributed by atoms with Gasteiger partial charge >= 0.3 is 5.97 Å². The van der Waals surface area contributed by atoms with Crippen LogP contribution in [0.15, 0.2) is 40.8 Å². The summed E-state index contributed by atoms with van der Waals surface area (Å²) in [6, 6.07) is 7.99. The minimum atomic E-state index is -0.653. The van der Waals surface area contributed by atoms with Crippen LogP contribution >= 0.6 is 0 Å². The molecule has 0 aliphatic rings. The van der Waals surface area contributed by atoms with E-state index in [1.165, 1.54) is 36.4 Å². The zero-order valence-corrected chi connectivity index (χ0v) is 14.4. The quantitative estimate of drug-likeness (QED) is 0.400. The molecule has 0 fully saturated rings. The summed E-state index contributed by atoms with van der Waals surface area (Å²) >= 11 is 0. The molecule has 1 aromatic heterocycles. The Morgan fingerprint density at radius 1 is 1.30 bits per heavy atom. The molecule has 8 heteroatoms. The van der Waals surface area contributed by atoms with Crippen molar-refractivity contribution in [2.24, 2.45) is 0 Å². The lowest BCUT2D eigenvalue weighted by Gasteiger charge is -2.04. The van der Waals surface area contributed by atoms with Crippen molar-refractivity contribution >= 4 is 22.6 Å².